The Morgan fingerprint density at radius 3 is 2.26 bits per heavy atom. The van der Waals surface area contributed by atoms with Gasteiger partial charge in [-0.25, -0.2) is 4.98 Å². The summed E-state index contributed by atoms with van der Waals surface area (Å²) in [5, 5.41) is 8.17. The standard InChI is InChI=1S/C23H22ClN5O.ClH/c1-30-20-4-2-3-19-21(20)28-23(27-18-9-5-15(6-10-18)13-14-25)29-22(19)26-17-11-7-16(24)8-12-17;/h2-12H,13-14,25H2,1H3,(H2,26,27,28,29);1H. The van der Waals surface area contributed by atoms with Gasteiger partial charge in [0.2, 0.25) is 5.95 Å². The van der Waals surface area contributed by atoms with Crippen LogP contribution >= 0.6 is 24.0 Å². The first-order valence-electron chi connectivity index (χ1n) is 9.59. The van der Waals surface area contributed by atoms with Crippen LogP contribution in [0.1, 0.15) is 5.56 Å². The smallest absolute Gasteiger partial charge is 0.229 e. The molecule has 0 aliphatic carbocycles. The highest BCUT2D eigenvalue weighted by Crippen LogP contribution is 2.32. The number of halogens is 2. The zero-order valence-corrected chi connectivity index (χ0v) is 18.5. The zero-order valence-electron chi connectivity index (χ0n) is 16.9. The van der Waals surface area contributed by atoms with Crippen LogP contribution < -0.4 is 21.1 Å². The Balaban J connectivity index is 0.00000272. The van der Waals surface area contributed by atoms with Gasteiger partial charge in [-0.15, -0.1) is 12.4 Å². The Labute approximate surface area is 192 Å². The fourth-order valence-corrected chi connectivity index (χ4v) is 3.29. The molecule has 8 heteroatoms. The van der Waals surface area contributed by atoms with Gasteiger partial charge in [0.15, 0.2) is 0 Å². The van der Waals surface area contributed by atoms with Gasteiger partial charge < -0.3 is 21.1 Å². The van der Waals surface area contributed by atoms with Crippen LogP contribution in [-0.4, -0.2) is 23.6 Å². The fourth-order valence-electron chi connectivity index (χ4n) is 3.16. The predicted octanol–water partition coefficient (Wildman–Crippen LogP) is 5.70. The number of nitrogens with two attached hydrogens (primary N) is 1. The third-order valence-electron chi connectivity index (χ3n) is 4.66. The van der Waals surface area contributed by atoms with Crippen molar-refractivity contribution in [2.24, 2.45) is 5.73 Å². The van der Waals surface area contributed by atoms with Gasteiger partial charge in [0.1, 0.15) is 17.1 Å². The Kier molecular flexibility index (Phi) is 7.52. The van der Waals surface area contributed by atoms with Crippen molar-refractivity contribution in [1.29, 1.82) is 0 Å². The summed E-state index contributed by atoms with van der Waals surface area (Å²) < 4.78 is 5.52. The third kappa shape index (κ3) is 5.35. The number of hydrogen-bond acceptors (Lipinski definition) is 6. The maximum atomic E-state index is 6.01. The molecule has 0 saturated heterocycles. The average molecular weight is 456 g/mol. The third-order valence-corrected chi connectivity index (χ3v) is 4.91. The van der Waals surface area contributed by atoms with Crippen molar-refractivity contribution in [2.75, 3.05) is 24.3 Å². The van der Waals surface area contributed by atoms with Crippen LogP contribution in [0.25, 0.3) is 10.9 Å². The number of benzene rings is 3. The summed E-state index contributed by atoms with van der Waals surface area (Å²) in [6.07, 6.45) is 0.846. The number of fused-ring (bicyclic) bond motifs is 1. The van der Waals surface area contributed by atoms with Gasteiger partial charge in [0.25, 0.3) is 0 Å². The number of aromatic nitrogens is 2. The van der Waals surface area contributed by atoms with Gasteiger partial charge in [-0.3, -0.25) is 0 Å². The average Bonchev–Trinajstić information content (AvgIpc) is 2.76. The number of ether oxygens (including phenoxy) is 1. The van der Waals surface area contributed by atoms with Gasteiger partial charge >= 0.3 is 0 Å². The van der Waals surface area contributed by atoms with E-state index in [0.717, 1.165) is 23.2 Å². The van der Waals surface area contributed by atoms with E-state index in [1.54, 1.807) is 7.11 Å². The predicted molar refractivity (Wildman–Crippen MR) is 131 cm³/mol. The van der Waals surface area contributed by atoms with E-state index in [1.165, 1.54) is 5.56 Å². The molecule has 4 N–H and O–H groups in total. The Morgan fingerprint density at radius 2 is 1.58 bits per heavy atom. The topological polar surface area (TPSA) is 85.1 Å². The van der Waals surface area contributed by atoms with E-state index in [-0.39, 0.29) is 12.4 Å². The quantitative estimate of drug-likeness (QED) is 0.331. The van der Waals surface area contributed by atoms with Crippen molar-refractivity contribution >= 4 is 58.1 Å². The molecule has 4 aromatic rings. The molecule has 160 valence electrons. The summed E-state index contributed by atoms with van der Waals surface area (Å²) >= 11 is 6.01. The van der Waals surface area contributed by atoms with Gasteiger partial charge in [0, 0.05) is 21.8 Å². The van der Waals surface area contributed by atoms with E-state index in [9.17, 15) is 0 Å². The Morgan fingerprint density at radius 1 is 0.903 bits per heavy atom. The Hall–Kier alpha value is -3.06. The molecule has 31 heavy (non-hydrogen) atoms. The highest BCUT2D eigenvalue weighted by Gasteiger charge is 2.12. The normalized spacial score (nSPS) is 10.4. The van der Waals surface area contributed by atoms with Crippen molar-refractivity contribution in [2.45, 2.75) is 6.42 Å². The van der Waals surface area contributed by atoms with E-state index in [2.05, 4.69) is 15.6 Å². The minimum Gasteiger partial charge on any atom is -0.494 e. The molecule has 0 spiro atoms. The van der Waals surface area contributed by atoms with Crippen molar-refractivity contribution in [1.82, 2.24) is 9.97 Å². The number of nitrogens with zero attached hydrogens (tertiary/aromatic N) is 2. The first kappa shape index (κ1) is 22.6. The minimum atomic E-state index is 0. The first-order chi connectivity index (χ1) is 14.7. The number of methoxy groups -OCH3 is 1. The molecule has 4 rings (SSSR count). The van der Waals surface area contributed by atoms with Crippen LogP contribution in [0.2, 0.25) is 5.02 Å². The van der Waals surface area contributed by atoms with Crippen LogP contribution in [-0.2, 0) is 6.42 Å². The highest BCUT2D eigenvalue weighted by atomic mass is 35.5. The van der Waals surface area contributed by atoms with Gasteiger partial charge in [-0.2, -0.15) is 4.98 Å². The summed E-state index contributed by atoms with van der Waals surface area (Å²) in [6, 6.07) is 21.3. The lowest BCUT2D eigenvalue weighted by molar-refractivity contribution is 0.419. The summed E-state index contributed by atoms with van der Waals surface area (Å²) in [5.74, 6) is 1.81. The van der Waals surface area contributed by atoms with E-state index in [4.69, 9.17) is 27.1 Å². The molecule has 0 atom stereocenters. The van der Waals surface area contributed by atoms with Crippen molar-refractivity contribution < 1.29 is 4.74 Å². The summed E-state index contributed by atoms with van der Waals surface area (Å²) in [7, 11) is 1.63. The largest absolute Gasteiger partial charge is 0.494 e. The van der Waals surface area contributed by atoms with E-state index in [0.29, 0.717) is 34.6 Å². The van der Waals surface area contributed by atoms with Crippen molar-refractivity contribution in [3.63, 3.8) is 0 Å². The molecule has 6 nitrogen and oxygen atoms in total. The van der Waals surface area contributed by atoms with E-state index < -0.39 is 0 Å². The van der Waals surface area contributed by atoms with Crippen molar-refractivity contribution in [3.05, 3.63) is 77.3 Å². The molecule has 0 aliphatic heterocycles. The lowest BCUT2D eigenvalue weighted by atomic mass is 10.1. The minimum absolute atomic E-state index is 0. The molecule has 0 bridgehead atoms. The maximum Gasteiger partial charge on any atom is 0.229 e. The molecule has 0 aliphatic rings. The van der Waals surface area contributed by atoms with Crippen LogP contribution in [0.4, 0.5) is 23.1 Å². The fraction of sp³-hybridized carbons (Fsp3) is 0.130. The molecule has 3 aromatic carbocycles. The Bertz CT molecular complexity index is 1150. The summed E-state index contributed by atoms with van der Waals surface area (Å²) in [4.78, 5) is 9.39. The lowest BCUT2D eigenvalue weighted by Gasteiger charge is -2.14. The van der Waals surface area contributed by atoms with E-state index >= 15 is 0 Å². The van der Waals surface area contributed by atoms with Gasteiger partial charge in [0.05, 0.1) is 7.11 Å². The second-order valence-electron chi connectivity index (χ2n) is 6.74. The molecular formula is C23H23Cl2N5O. The second-order valence-corrected chi connectivity index (χ2v) is 7.18. The summed E-state index contributed by atoms with van der Waals surface area (Å²) in [5.41, 5.74) is 9.30. The van der Waals surface area contributed by atoms with Gasteiger partial charge in [-0.05, 0) is 67.1 Å². The van der Waals surface area contributed by atoms with Crippen LogP contribution in [0.5, 0.6) is 5.75 Å². The molecule has 0 saturated carbocycles. The lowest BCUT2D eigenvalue weighted by Crippen LogP contribution is -2.04. The molecule has 0 unspecified atom stereocenters. The zero-order chi connectivity index (χ0) is 20.9. The SMILES string of the molecule is COc1cccc2c(Nc3ccc(Cl)cc3)nc(Nc3ccc(CCN)cc3)nc12.Cl. The van der Waals surface area contributed by atoms with Crippen LogP contribution in [0.3, 0.4) is 0 Å². The van der Waals surface area contributed by atoms with Gasteiger partial charge in [-0.1, -0.05) is 29.8 Å². The number of nitrogens with one attached hydrogen (secondary N) is 2. The molecule has 0 radical (unpaired) electrons. The second kappa shape index (κ2) is 10.3. The summed E-state index contributed by atoms with van der Waals surface area (Å²) in [6.45, 7) is 0.625. The highest BCUT2D eigenvalue weighted by molar-refractivity contribution is 6.30. The molecule has 0 fully saturated rings. The van der Waals surface area contributed by atoms with Crippen LogP contribution in [0.15, 0.2) is 66.7 Å². The van der Waals surface area contributed by atoms with Crippen molar-refractivity contribution in [3.8, 4) is 5.75 Å². The number of rotatable bonds is 7. The number of hydrogen-bond donors (Lipinski definition) is 3. The molecule has 1 heterocycles. The number of para-hydroxylation sites is 1. The first-order valence-corrected chi connectivity index (χ1v) is 9.97. The monoisotopic (exact) mass is 455 g/mol. The molecule has 0 amide bonds. The number of anilines is 4. The van der Waals surface area contributed by atoms with E-state index in [1.807, 2.05) is 66.7 Å². The maximum absolute atomic E-state index is 6.01. The van der Waals surface area contributed by atoms with Crippen LogP contribution in [0, 0.1) is 0 Å². The molecule has 1 aromatic heterocycles. The molecular weight excluding hydrogens is 433 g/mol.